The molecule has 0 aromatic heterocycles. The molecule has 0 fully saturated rings. The van der Waals surface area contributed by atoms with E-state index in [1.807, 2.05) is 0 Å². The molecule has 3 N–H and O–H groups in total. The summed E-state index contributed by atoms with van der Waals surface area (Å²) in [6, 6.07) is 0. The van der Waals surface area contributed by atoms with Crippen LogP contribution < -0.4 is 0 Å². The zero-order valence-corrected chi connectivity index (χ0v) is 5.19. The highest BCUT2D eigenvalue weighted by Gasteiger charge is 2.32. The summed E-state index contributed by atoms with van der Waals surface area (Å²) in [6.07, 6.45) is -1.52. The zero-order chi connectivity index (χ0) is 7.72. The first-order valence-corrected chi connectivity index (χ1v) is 2.88. The third-order valence-corrected chi connectivity index (χ3v) is 1.48. The fourth-order valence-corrected chi connectivity index (χ4v) is 0.851. The summed E-state index contributed by atoms with van der Waals surface area (Å²) in [7, 11) is 0. The standard InChI is InChI=1S/C6H8O4/c7-2-3-1-4(8)6(10)5(3)9/h1,5-7,9-10H,2H2. The second-order valence-electron chi connectivity index (χ2n) is 2.17. The van der Waals surface area contributed by atoms with E-state index in [0.717, 1.165) is 6.08 Å². The molecule has 4 nitrogen and oxygen atoms in total. The first-order valence-electron chi connectivity index (χ1n) is 2.88. The van der Waals surface area contributed by atoms with Crippen molar-refractivity contribution in [2.75, 3.05) is 6.61 Å². The fraction of sp³-hybridized carbons (Fsp3) is 0.500. The first-order chi connectivity index (χ1) is 4.66. The Balaban J connectivity index is 2.78. The molecule has 1 rings (SSSR count). The fourth-order valence-electron chi connectivity index (χ4n) is 0.851. The summed E-state index contributed by atoms with van der Waals surface area (Å²) in [5, 5.41) is 26.2. The van der Waals surface area contributed by atoms with Gasteiger partial charge in [-0.05, 0) is 11.6 Å². The summed E-state index contributed by atoms with van der Waals surface area (Å²) in [6.45, 7) is -0.385. The summed E-state index contributed by atoms with van der Waals surface area (Å²) >= 11 is 0. The minimum atomic E-state index is -1.37. The van der Waals surface area contributed by atoms with Crippen LogP contribution in [0.4, 0.5) is 0 Å². The van der Waals surface area contributed by atoms with Gasteiger partial charge in [0.15, 0.2) is 5.78 Å². The quantitative estimate of drug-likeness (QED) is 0.406. The van der Waals surface area contributed by atoms with Gasteiger partial charge in [0.2, 0.25) is 0 Å². The van der Waals surface area contributed by atoms with Gasteiger partial charge in [-0.25, -0.2) is 0 Å². The van der Waals surface area contributed by atoms with Crippen molar-refractivity contribution in [1.29, 1.82) is 0 Å². The van der Waals surface area contributed by atoms with Crippen molar-refractivity contribution in [2.45, 2.75) is 12.2 Å². The Labute approximate surface area is 57.4 Å². The number of hydrogen-bond acceptors (Lipinski definition) is 4. The number of ketones is 1. The number of carbonyl (C=O) groups excluding carboxylic acids is 1. The SMILES string of the molecule is O=C1C=C(CO)C(O)C1O. The average molecular weight is 144 g/mol. The molecule has 0 saturated heterocycles. The van der Waals surface area contributed by atoms with Gasteiger partial charge >= 0.3 is 0 Å². The van der Waals surface area contributed by atoms with Crippen LogP contribution in [-0.2, 0) is 4.79 Å². The Hall–Kier alpha value is -0.710. The van der Waals surface area contributed by atoms with Gasteiger partial charge in [0.05, 0.1) is 6.61 Å². The molecule has 0 spiro atoms. The predicted molar refractivity (Wildman–Crippen MR) is 32.2 cm³/mol. The molecular formula is C6H8O4. The van der Waals surface area contributed by atoms with Gasteiger partial charge in [0.25, 0.3) is 0 Å². The van der Waals surface area contributed by atoms with Crippen LogP contribution in [0.25, 0.3) is 0 Å². The summed E-state index contributed by atoms with van der Waals surface area (Å²) in [5.41, 5.74) is 0.178. The number of aliphatic hydroxyl groups excluding tert-OH is 3. The van der Waals surface area contributed by atoms with E-state index in [1.165, 1.54) is 0 Å². The van der Waals surface area contributed by atoms with Gasteiger partial charge in [0.1, 0.15) is 12.2 Å². The van der Waals surface area contributed by atoms with Crippen molar-refractivity contribution in [2.24, 2.45) is 0 Å². The lowest BCUT2D eigenvalue weighted by atomic mass is 10.2. The van der Waals surface area contributed by atoms with Crippen molar-refractivity contribution in [3.63, 3.8) is 0 Å². The minimum absolute atomic E-state index is 0.178. The van der Waals surface area contributed by atoms with E-state index in [-0.39, 0.29) is 12.2 Å². The van der Waals surface area contributed by atoms with Crippen molar-refractivity contribution in [1.82, 2.24) is 0 Å². The Morgan fingerprint density at radius 1 is 1.40 bits per heavy atom. The van der Waals surface area contributed by atoms with Crippen molar-refractivity contribution < 1.29 is 20.1 Å². The maximum atomic E-state index is 10.6. The Kier molecular flexibility index (Phi) is 1.85. The Morgan fingerprint density at radius 3 is 2.20 bits per heavy atom. The second kappa shape index (κ2) is 2.49. The number of aliphatic hydroxyl groups is 3. The third kappa shape index (κ3) is 0.965. The molecule has 4 heteroatoms. The second-order valence-corrected chi connectivity index (χ2v) is 2.17. The molecule has 2 unspecified atom stereocenters. The molecule has 10 heavy (non-hydrogen) atoms. The molecule has 2 atom stereocenters. The lowest BCUT2D eigenvalue weighted by Gasteiger charge is -2.07. The highest BCUT2D eigenvalue weighted by Crippen LogP contribution is 2.15. The Morgan fingerprint density at radius 2 is 2.00 bits per heavy atom. The monoisotopic (exact) mass is 144 g/mol. The van der Waals surface area contributed by atoms with Gasteiger partial charge in [-0.2, -0.15) is 0 Å². The van der Waals surface area contributed by atoms with Crippen LogP contribution >= 0.6 is 0 Å². The van der Waals surface area contributed by atoms with Crippen molar-refractivity contribution >= 4 is 5.78 Å². The topological polar surface area (TPSA) is 77.8 Å². The molecule has 0 heterocycles. The average Bonchev–Trinajstić information content (AvgIpc) is 2.17. The van der Waals surface area contributed by atoms with Crippen LogP contribution in [0.3, 0.4) is 0 Å². The van der Waals surface area contributed by atoms with Gasteiger partial charge in [-0.1, -0.05) is 0 Å². The molecule has 0 amide bonds. The minimum Gasteiger partial charge on any atom is -0.392 e. The zero-order valence-electron chi connectivity index (χ0n) is 5.19. The van der Waals surface area contributed by atoms with Crippen LogP contribution in [0.1, 0.15) is 0 Å². The third-order valence-electron chi connectivity index (χ3n) is 1.48. The van der Waals surface area contributed by atoms with Crippen molar-refractivity contribution in [3.05, 3.63) is 11.6 Å². The van der Waals surface area contributed by atoms with Crippen LogP contribution in [0.2, 0.25) is 0 Å². The Bertz CT molecular complexity index is 184. The summed E-state index contributed by atoms with van der Waals surface area (Å²) in [5.74, 6) is -0.545. The van der Waals surface area contributed by atoms with Gasteiger partial charge in [-0.3, -0.25) is 4.79 Å². The number of rotatable bonds is 1. The molecular weight excluding hydrogens is 136 g/mol. The largest absolute Gasteiger partial charge is 0.392 e. The van der Waals surface area contributed by atoms with Gasteiger partial charge in [0, 0.05) is 0 Å². The van der Waals surface area contributed by atoms with Gasteiger partial charge in [-0.15, -0.1) is 0 Å². The van der Waals surface area contributed by atoms with Gasteiger partial charge < -0.3 is 15.3 Å². The van der Waals surface area contributed by atoms with E-state index in [2.05, 4.69) is 0 Å². The maximum absolute atomic E-state index is 10.6. The molecule has 56 valence electrons. The predicted octanol–water partition coefficient (Wildman–Crippen LogP) is -1.79. The molecule has 0 aromatic rings. The maximum Gasteiger partial charge on any atom is 0.187 e. The molecule has 0 aliphatic heterocycles. The number of carbonyl (C=O) groups is 1. The molecule has 0 radical (unpaired) electrons. The van der Waals surface area contributed by atoms with Crippen LogP contribution in [0, 0.1) is 0 Å². The van der Waals surface area contributed by atoms with E-state index >= 15 is 0 Å². The van der Waals surface area contributed by atoms with E-state index in [1.54, 1.807) is 0 Å². The summed E-state index contributed by atoms with van der Waals surface area (Å²) < 4.78 is 0. The van der Waals surface area contributed by atoms with E-state index in [9.17, 15) is 4.79 Å². The van der Waals surface area contributed by atoms with Crippen LogP contribution in [-0.4, -0.2) is 39.9 Å². The smallest absolute Gasteiger partial charge is 0.187 e. The molecule has 1 aliphatic rings. The molecule has 1 aliphatic carbocycles. The highest BCUT2D eigenvalue weighted by atomic mass is 16.3. The van der Waals surface area contributed by atoms with E-state index in [4.69, 9.17) is 15.3 Å². The molecule has 0 aromatic carbocycles. The van der Waals surface area contributed by atoms with E-state index in [0.29, 0.717) is 0 Å². The normalized spacial score (nSPS) is 32.7. The van der Waals surface area contributed by atoms with E-state index < -0.39 is 18.0 Å². The first kappa shape index (κ1) is 7.40. The highest BCUT2D eigenvalue weighted by molar-refractivity contribution is 5.97. The van der Waals surface area contributed by atoms with Crippen molar-refractivity contribution in [3.8, 4) is 0 Å². The van der Waals surface area contributed by atoms with Crippen LogP contribution in [0.15, 0.2) is 11.6 Å². The molecule has 0 bridgehead atoms. The van der Waals surface area contributed by atoms with Crippen LogP contribution in [0.5, 0.6) is 0 Å². The molecule has 0 saturated carbocycles. The summed E-state index contributed by atoms with van der Waals surface area (Å²) in [4.78, 5) is 10.6. The lowest BCUT2D eigenvalue weighted by molar-refractivity contribution is -0.124. The lowest BCUT2D eigenvalue weighted by Crippen LogP contribution is -2.28. The number of hydrogen-bond donors (Lipinski definition) is 3.